The average Bonchev–Trinajstić information content (AvgIpc) is 2.97. The van der Waals surface area contributed by atoms with Gasteiger partial charge in [-0.25, -0.2) is 4.79 Å². The molecule has 8 heteroatoms. The van der Waals surface area contributed by atoms with Crippen LogP contribution in [0.5, 0.6) is 0 Å². The van der Waals surface area contributed by atoms with E-state index >= 15 is 0 Å². The Balaban J connectivity index is 1.73. The van der Waals surface area contributed by atoms with Gasteiger partial charge in [0.25, 0.3) is 11.8 Å². The zero-order valence-electron chi connectivity index (χ0n) is 18.7. The van der Waals surface area contributed by atoms with Crippen molar-refractivity contribution < 1.29 is 29.0 Å². The van der Waals surface area contributed by atoms with Crippen LogP contribution in [0.4, 0.5) is 0 Å². The van der Waals surface area contributed by atoms with Crippen LogP contribution in [-0.4, -0.2) is 45.8 Å². The Morgan fingerprint density at radius 3 is 2.06 bits per heavy atom. The van der Waals surface area contributed by atoms with E-state index in [4.69, 9.17) is 9.78 Å². The summed E-state index contributed by atoms with van der Waals surface area (Å²) >= 11 is 0. The van der Waals surface area contributed by atoms with Crippen molar-refractivity contribution >= 4 is 23.7 Å². The van der Waals surface area contributed by atoms with Gasteiger partial charge in [-0.15, -0.1) is 0 Å². The number of hydrogen-bond donors (Lipinski definition) is 1. The molecule has 3 amide bonds. The fraction of sp³-hybridized carbons (Fsp3) is 0.565. The number of fused-ring (bicyclic) bond motifs is 1. The first-order chi connectivity index (χ1) is 14.4. The van der Waals surface area contributed by atoms with Crippen molar-refractivity contribution in [2.75, 3.05) is 0 Å². The molecule has 0 spiro atoms. The number of nitrogens with one attached hydrogen (secondary N) is 1. The molecule has 1 saturated carbocycles. The van der Waals surface area contributed by atoms with Gasteiger partial charge in [-0.3, -0.25) is 24.2 Å². The molecule has 1 aromatic rings. The third kappa shape index (κ3) is 4.63. The Bertz CT molecular complexity index is 867. The maximum absolute atomic E-state index is 13.2. The third-order valence-electron chi connectivity index (χ3n) is 5.67. The molecule has 8 nitrogen and oxygen atoms in total. The molecule has 1 aromatic carbocycles. The second-order valence-corrected chi connectivity index (χ2v) is 9.62. The predicted molar refractivity (Wildman–Crippen MR) is 112 cm³/mol. The Hall–Kier alpha value is -2.74. The summed E-state index contributed by atoms with van der Waals surface area (Å²) in [4.78, 5) is 62.6. The van der Waals surface area contributed by atoms with Crippen LogP contribution in [0.3, 0.4) is 0 Å². The van der Waals surface area contributed by atoms with Gasteiger partial charge >= 0.3 is 5.97 Å². The first kappa shape index (κ1) is 22.9. The van der Waals surface area contributed by atoms with Gasteiger partial charge in [0.05, 0.1) is 17.0 Å². The molecule has 0 bridgehead atoms. The van der Waals surface area contributed by atoms with Gasteiger partial charge in [0.15, 0.2) is 0 Å². The van der Waals surface area contributed by atoms with Gasteiger partial charge in [-0.1, -0.05) is 25.0 Å². The van der Waals surface area contributed by atoms with E-state index in [0.717, 1.165) is 17.7 Å². The monoisotopic (exact) mass is 430 g/mol. The summed E-state index contributed by atoms with van der Waals surface area (Å²) in [6.45, 7) is 8.37. The standard InChI is InChI=1S/C23H30N2O6/c1-22(2,3)31-30-20(28)16-12-8-9-13-17(16)24-21(29)23(4,5)25-18(26)14-10-6-7-11-15(14)19(25)27/h6-7,10-11,16-17H,8-9,12-13H2,1-5H3,(H,24,29)/t16-,17-/m0/s1. The molecule has 0 saturated heterocycles. The maximum Gasteiger partial charge on any atom is 0.347 e. The summed E-state index contributed by atoms with van der Waals surface area (Å²) in [7, 11) is 0. The summed E-state index contributed by atoms with van der Waals surface area (Å²) in [5.41, 5.74) is -1.50. The maximum atomic E-state index is 13.2. The first-order valence-electron chi connectivity index (χ1n) is 10.6. The number of hydrogen-bond acceptors (Lipinski definition) is 6. The lowest BCUT2D eigenvalue weighted by atomic mass is 9.84. The number of rotatable bonds is 5. The van der Waals surface area contributed by atoms with Crippen LogP contribution in [0.2, 0.25) is 0 Å². The zero-order valence-corrected chi connectivity index (χ0v) is 18.7. The van der Waals surface area contributed by atoms with Crippen molar-refractivity contribution in [3.05, 3.63) is 35.4 Å². The van der Waals surface area contributed by atoms with Crippen LogP contribution < -0.4 is 5.32 Å². The Morgan fingerprint density at radius 2 is 1.52 bits per heavy atom. The van der Waals surface area contributed by atoms with E-state index in [1.807, 2.05) is 0 Å². The highest BCUT2D eigenvalue weighted by atomic mass is 17.2. The predicted octanol–water partition coefficient (Wildman–Crippen LogP) is 3.01. The molecule has 0 radical (unpaired) electrons. The molecule has 1 N–H and O–H groups in total. The van der Waals surface area contributed by atoms with Gasteiger partial charge in [-0.05, 0) is 59.6 Å². The SMILES string of the molecule is CC(C)(C)OOC(=O)[C@H]1CCCC[C@@H]1NC(=O)C(C)(C)N1C(=O)c2ccccc2C1=O. The van der Waals surface area contributed by atoms with Gasteiger partial charge in [-0.2, -0.15) is 4.89 Å². The fourth-order valence-electron chi connectivity index (χ4n) is 3.96. The molecule has 1 aliphatic carbocycles. The molecule has 0 unspecified atom stereocenters. The van der Waals surface area contributed by atoms with E-state index in [0.29, 0.717) is 12.8 Å². The minimum absolute atomic E-state index is 0.284. The minimum atomic E-state index is -1.43. The summed E-state index contributed by atoms with van der Waals surface area (Å²) in [5.74, 6) is -2.59. The quantitative estimate of drug-likeness (QED) is 0.438. The molecule has 168 valence electrons. The normalized spacial score (nSPS) is 21.6. The van der Waals surface area contributed by atoms with Crippen LogP contribution in [0.15, 0.2) is 24.3 Å². The molecule has 2 atom stereocenters. The van der Waals surface area contributed by atoms with Crippen LogP contribution in [0.1, 0.15) is 81.0 Å². The van der Waals surface area contributed by atoms with Crippen molar-refractivity contribution in [3.8, 4) is 0 Å². The molecule has 1 fully saturated rings. The number of benzene rings is 1. The smallest absolute Gasteiger partial charge is 0.347 e. The average molecular weight is 431 g/mol. The van der Waals surface area contributed by atoms with Crippen LogP contribution in [0.25, 0.3) is 0 Å². The third-order valence-corrected chi connectivity index (χ3v) is 5.67. The van der Waals surface area contributed by atoms with Crippen molar-refractivity contribution in [2.24, 2.45) is 5.92 Å². The molecule has 31 heavy (non-hydrogen) atoms. The Kier molecular flexibility index (Phi) is 6.23. The van der Waals surface area contributed by atoms with Crippen LogP contribution in [0, 0.1) is 5.92 Å². The summed E-state index contributed by atoms with van der Waals surface area (Å²) in [5, 5.41) is 2.89. The summed E-state index contributed by atoms with van der Waals surface area (Å²) in [6.07, 6.45) is 2.84. The summed E-state index contributed by atoms with van der Waals surface area (Å²) < 4.78 is 0. The van der Waals surface area contributed by atoms with Gasteiger partial charge in [0.1, 0.15) is 11.1 Å². The summed E-state index contributed by atoms with van der Waals surface area (Å²) in [6, 6.07) is 6.04. The molecule has 2 aliphatic rings. The second-order valence-electron chi connectivity index (χ2n) is 9.62. The van der Waals surface area contributed by atoms with Crippen LogP contribution >= 0.6 is 0 Å². The molecular formula is C23H30N2O6. The van der Waals surface area contributed by atoms with E-state index < -0.39 is 46.8 Å². The van der Waals surface area contributed by atoms with Crippen molar-refractivity contribution in [3.63, 3.8) is 0 Å². The Morgan fingerprint density at radius 1 is 0.968 bits per heavy atom. The van der Waals surface area contributed by atoms with E-state index in [2.05, 4.69) is 5.32 Å². The largest absolute Gasteiger partial charge is 0.350 e. The van der Waals surface area contributed by atoms with E-state index in [-0.39, 0.29) is 11.1 Å². The second kappa shape index (κ2) is 8.42. The topological polar surface area (TPSA) is 102 Å². The molecular weight excluding hydrogens is 400 g/mol. The van der Waals surface area contributed by atoms with Crippen LogP contribution in [-0.2, 0) is 19.4 Å². The number of carbonyl (C=O) groups excluding carboxylic acids is 4. The van der Waals surface area contributed by atoms with Gasteiger partial charge in [0.2, 0.25) is 5.91 Å². The lowest BCUT2D eigenvalue weighted by Gasteiger charge is -2.36. The van der Waals surface area contributed by atoms with E-state index in [1.54, 1.807) is 45.0 Å². The first-order valence-corrected chi connectivity index (χ1v) is 10.6. The molecule has 0 aromatic heterocycles. The number of carbonyl (C=O) groups is 4. The minimum Gasteiger partial charge on any atom is -0.350 e. The number of imide groups is 1. The van der Waals surface area contributed by atoms with Crippen molar-refractivity contribution in [1.29, 1.82) is 0 Å². The molecule has 1 aliphatic heterocycles. The van der Waals surface area contributed by atoms with Gasteiger partial charge < -0.3 is 5.32 Å². The molecule has 3 rings (SSSR count). The fourth-order valence-corrected chi connectivity index (χ4v) is 3.96. The van der Waals surface area contributed by atoms with Gasteiger partial charge in [0, 0.05) is 6.04 Å². The van der Waals surface area contributed by atoms with Crippen molar-refractivity contribution in [2.45, 2.75) is 77.5 Å². The lowest BCUT2D eigenvalue weighted by Crippen LogP contribution is -2.60. The van der Waals surface area contributed by atoms with E-state index in [9.17, 15) is 19.2 Å². The highest BCUT2D eigenvalue weighted by Gasteiger charge is 2.49. The number of amides is 3. The van der Waals surface area contributed by atoms with E-state index in [1.165, 1.54) is 13.8 Å². The molecule has 1 heterocycles. The van der Waals surface area contributed by atoms with Crippen molar-refractivity contribution in [1.82, 2.24) is 10.2 Å². The lowest BCUT2D eigenvalue weighted by molar-refractivity contribution is -0.324. The highest BCUT2D eigenvalue weighted by molar-refractivity contribution is 6.23. The number of nitrogens with zero attached hydrogens (tertiary/aromatic N) is 1. The Labute approximate surface area is 182 Å². The highest BCUT2D eigenvalue weighted by Crippen LogP contribution is 2.31. The zero-order chi connectivity index (χ0) is 23.0.